The van der Waals surface area contributed by atoms with Crippen molar-refractivity contribution in [3.05, 3.63) is 0 Å². The first-order valence-corrected chi connectivity index (χ1v) is 2.00. The fraction of sp³-hybridized carbons (Fsp3) is 1.00. The summed E-state index contributed by atoms with van der Waals surface area (Å²) in [6.45, 7) is 6.56. The van der Waals surface area contributed by atoms with Crippen LogP contribution in [-0.2, 0) is 0 Å². The maximum atomic E-state index is 2.19. The molecule has 0 aromatic rings. The van der Waals surface area contributed by atoms with Crippen molar-refractivity contribution in [1.82, 2.24) is 0 Å². The Morgan fingerprint density at radius 1 is 1.20 bits per heavy atom. The average molecular weight is 135 g/mol. The van der Waals surface area contributed by atoms with Gasteiger partial charge in [0.2, 0.25) is 0 Å². The third kappa shape index (κ3) is 86.9. The Balaban J connectivity index is 3.02. The normalized spacial score (nSPS) is 12.2. The summed E-state index contributed by atoms with van der Waals surface area (Å²) in [5.74, 6) is 0. The van der Waals surface area contributed by atoms with E-state index in [-0.39, 0.29) is 0 Å². The van der Waals surface area contributed by atoms with E-state index < -0.39 is 0 Å². The van der Waals surface area contributed by atoms with Gasteiger partial charge in [0, 0.05) is 0 Å². The van der Waals surface area contributed by atoms with Crippen LogP contribution >= 0.6 is 0 Å². The first kappa shape index (κ1) is 5.60. The van der Waals surface area contributed by atoms with Gasteiger partial charge in [0.1, 0.15) is 0 Å². The van der Waals surface area contributed by atoms with Crippen LogP contribution in [0.4, 0.5) is 0 Å². The van der Waals surface area contributed by atoms with Crippen molar-refractivity contribution < 1.29 is 0 Å². The molecule has 26 valence electrons. The Morgan fingerprint density at radius 2 is 1.20 bits per heavy atom. The Labute approximate surface area is 43.2 Å². The number of rotatable bonds is 0. The second-order valence-corrected chi connectivity index (χ2v) is 3.00. The molecule has 0 aliphatic rings. The van der Waals surface area contributed by atoms with Gasteiger partial charge in [0.05, 0.1) is 0 Å². The summed E-state index contributed by atoms with van der Waals surface area (Å²) in [4.78, 5) is 0. The van der Waals surface area contributed by atoms with Crippen LogP contribution < -0.4 is 0 Å². The van der Waals surface area contributed by atoms with Crippen LogP contribution in [0.25, 0.3) is 0 Å². The van der Waals surface area contributed by atoms with E-state index in [9.17, 15) is 0 Å². The molecule has 5 heavy (non-hydrogen) atoms. The minimum absolute atomic E-state index is 0.500. The molecule has 0 aliphatic carbocycles. The van der Waals surface area contributed by atoms with Crippen molar-refractivity contribution >= 4 is 17.7 Å². The molecule has 0 atom stereocenters. The van der Waals surface area contributed by atoms with E-state index in [0.717, 1.165) is 0 Å². The predicted octanol–water partition coefficient (Wildman–Crippen LogP) is 1.37. The molecular formula is C4H9Li. The molecular weight excluding hydrogens is 126 g/mol. The first-order chi connectivity index (χ1) is 2.00. The summed E-state index contributed by atoms with van der Waals surface area (Å²) < 4.78 is 0.500. The zero-order chi connectivity index (χ0) is 4.50. The molecule has 0 fully saturated rings. The van der Waals surface area contributed by atoms with Gasteiger partial charge in [0.25, 0.3) is 0 Å². The zero-order valence-electron chi connectivity index (χ0n) is 4.50. The van der Waals surface area contributed by atoms with E-state index in [1.165, 1.54) is 0 Å². The molecule has 0 bridgehead atoms. The zero-order valence-corrected chi connectivity index (χ0v) is 4.50. The van der Waals surface area contributed by atoms with Crippen LogP contribution in [0.5, 0.6) is 0 Å². The van der Waals surface area contributed by atoms with Crippen molar-refractivity contribution in [3.8, 4) is 0 Å². The van der Waals surface area contributed by atoms with Crippen LogP contribution in [0.3, 0.4) is 0 Å². The van der Waals surface area contributed by atoms with E-state index in [4.69, 9.17) is 0 Å². The summed E-state index contributed by atoms with van der Waals surface area (Å²) in [6.07, 6.45) is 0. The average Bonchev–Trinajstić information content (AvgIpc) is 0.722. The molecule has 1 heteroatoms. The van der Waals surface area contributed by atoms with Gasteiger partial charge < -0.3 is 0 Å². The van der Waals surface area contributed by atoms with E-state index in [0.29, 0.717) is 4.09 Å². The van der Waals surface area contributed by atoms with Crippen molar-refractivity contribution in [2.24, 2.45) is 0 Å². The van der Waals surface area contributed by atoms with Crippen LogP contribution in [0, 0.1) is 0 Å². The molecule has 0 nitrogen and oxygen atoms in total. The Morgan fingerprint density at radius 3 is 1.20 bits per heavy atom. The molecule has 0 spiro atoms. The van der Waals surface area contributed by atoms with E-state index >= 15 is 0 Å². The molecule has 0 saturated carbocycles. The van der Waals surface area contributed by atoms with Crippen LogP contribution in [-0.4, -0.2) is 17.7 Å². The second kappa shape index (κ2) is 1.37. The molecule has 0 rings (SSSR count). The van der Waals surface area contributed by atoms with E-state index in [2.05, 4.69) is 38.5 Å². The topological polar surface area (TPSA) is 0 Å². The quantitative estimate of drug-likeness (QED) is 0.440. The molecule has 0 amide bonds. The van der Waals surface area contributed by atoms with Gasteiger partial charge in [-0.2, -0.15) is 0 Å². The Bertz CT molecular complexity index is 19.1. The van der Waals surface area contributed by atoms with Crippen LogP contribution in [0.1, 0.15) is 20.8 Å². The van der Waals surface area contributed by atoms with E-state index in [1.807, 2.05) is 0 Å². The third-order valence-corrected chi connectivity index (χ3v) is 0. The summed E-state index contributed by atoms with van der Waals surface area (Å²) in [5, 5.41) is 0. The number of hydrogen-bond acceptors (Lipinski definition) is 0. The molecule has 0 N–H and O–H groups in total. The fourth-order valence-corrected chi connectivity index (χ4v) is 0. The van der Waals surface area contributed by atoms with Crippen molar-refractivity contribution in [3.63, 3.8) is 0 Å². The molecule has 0 unspecified atom stereocenters. The predicted molar refractivity (Wildman–Crippen MR) is 25.5 cm³/mol. The Kier molecular flexibility index (Phi) is 1.53. The molecule has 0 aliphatic heterocycles. The molecule has 0 saturated heterocycles. The van der Waals surface area contributed by atoms with Crippen LogP contribution in [0.2, 0.25) is 4.09 Å². The molecule has 0 aromatic heterocycles. The third-order valence-electron chi connectivity index (χ3n) is 0. The van der Waals surface area contributed by atoms with Gasteiger partial charge in [-0.1, -0.05) is 0 Å². The van der Waals surface area contributed by atoms with Gasteiger partial charge in [0.15, 0.2) is 0 Å². The molecule has 0 aromatic carbocycles. The molecule has 0 heterocycles. The number of hydrogen-bond donors (Lipinski definition) is 0. The van der Waals surface area contributed by atoms with Gasteiger partial charge in [-0.25, -0.2) is 0 Å². The summed E-state index contributed by atoms with van der Waals surface area (Å²) in [7, 11) is 0. The Hall–Kier alpha value is 0.597. The SMILES string of the molecule is [78Li][C](C)(C)C. The standard InChI is InChI=1S/C4H9.Li/c1-4(2)3;/h1-3H3;/i;1+71. The first-order valence-electron chi connectivity index (χ1n) is 2.00. The van der Waals surface area contributed by atoms with Gasteiger partial charge in [-0.3, -0.25) is 0 Å². The van der Waals surface area contributed by atoms with E-state index in [1.54, 1.807) is 0 Å². The molecule has 0 radical (unpaired) electrons. The van der Waals surface area contributed by atoms with Crippen molar-refractivity contribution in [2.75, 3.05) is 0 Å². The van der Waals surface area contributed by atoms with Crippen LogP contribution in [0.15, 0.2) is 0 Å². The van der Waals surface area contributed by atoms with Crippen molar-refractivity contribution in [1.29, 1.82) is 0 Å². The fourth-order valence-electron chi connectivity index (χ4n) is 0. The second-order valence-electron chi connectivity index (χ2n) is 3.00. The monoisotopic (exact) mass is 135 g/mol. The van der Waals surface area contributed by atoms with Crippen molar-refractivity contribution in [2.45, 2.75) is 24.9 Å². The summed E-state index contributed by atoms with van der Waals surface area (Å²) in [5.41, 5.74) is 0. The van der Waals surface area contributed by atoms with Gasteiger partial charge in [-0.15, -0.1) is 0 Å². The minimum atomic E-state index is 0.500. The summed E-state index contributed by atoms with van der Waals surface area (Å²) in [6, 6.07) is 0. The van der Waals surface area contributed by atoms with Gasteiger partial charge in [-0.05, 0) is 0 Å². The summed E-state index contributed by atoms with van der Waals surface area (Å²) >= 11 is 2.19. The maximum absolute atomic E-state index is 2.19. The van der Waals surface area contributed by atoms with Gasteiger partial charge >= 0.3 is 42.6 Å².